The van der Waals surface area contributed by atoms with Gasteiger partial charge in [0.25, 0.3) is 0 Å². The molecule has 17 heteroatoms. The van der Waals surface area contributed by atoms with Gasteiger partial charge in [0.2, 0.25) is 12.8 Å². The average Bonchev–Trinajstić information content (AvgIpc) is 2.90. The largest absolute Gasteiger partial charge is 0.449 e. The lowest BCUT2D eigenvalue weighted by molar-refractivity contribution is -0.210. The molecule has 0 aromatic heterocycles. The van der Waals surface area contributed by atoms with Crippen LogP contribution in [0.1, 0.15) is 13.3 Å². The van der Waals surface area contributed by atoms with Crippen molar-refractivity contribution in [1.82, 2.24) is 5.32 Å². The number of aliphatic imine (C=N–C) groups is 2. The second kappa shape index (κ2) is 34.6. The Labute approximate surface area is 250 Å². The third-order valence-corrected chi connectivity index (χ3v) is 10.9. The Bertz CT molecular complexity index is 545. The maximum atomic E-state index is 11.7. The number of carbonyl (C=O) groups is 1. The maximum absolute atomic E-state index is 11.7. The molecule has 10 nitrogen and oxygen atoms in total. The molecule has 0 radical (unpaired) electrons. The second-order valence-electron chi connectivity index (χ2n) is 6.18. The Hall–Kier alpha value is 0.540. The lowest BCUT2D eigenvalue weighted by atomic mass is 10.5. The molecule has 37 heavy (non-hydrogen) atoms. The zero-order chi connectivity index (χ0) is 26.9. The molecule has 0 fully saturated rings. The van der Waals surface area contributed by atoms with E-state index >= 15 is 0 Å². The quantitative estimate of drug-likeness (QED) is 0.0282. The summed E-state index contributed by atoms with van der Waals surface area (Å²) in [5, 5.41) is 15.3. The Morgan fingerprint density at radius 1 is 0.784 bits per heavy atom. The highest BCUT2D eigenvalue weighted by atomic mass is 32.2. The average molecular weight is 658 g/mol. The van der Waals surface area contributed by atoms with E-state index < -0.39 is 0 Å². The van der Waals surface area contributed by atoms with Crippen molar-refractivity contribution in [2.24, 2.45) is 9.98 Å². The predicted octanol–water partition coefficient (Wildman–Crippen LogP) is 4.95. The molecule has 0 heterocycles. The van der Waals surface area contributed by atoms with Gasteiger partial charge in [0.15, 0.2) is 0 Å². The minimum atomic E-state index is -0.350. The number of alkyl carbamates (subject to hydrolysis) is 1. The maximum Gasteiger partial charge on any atom is 0.407 e. The first-order valence-corrected chi connectivity index (χ1v) is 19.5. The number of hydrogen-bond acceptors (Lipinski definition) is 16. The molecule has 0 spiro atoms. The fourth-order valence-corrected chi connectivity index (χ4v) is 8.33. The summed E-state index contributed by atoms with van der Waals surface area (Å²) in [5.74, 6) is 3.70. The van der Waals surface area contributed by atoms with Crippen molar-refractivity contribution in [2.45, 2.75) is 13.3 Å². The lowest BCUT2D eigenvalue weighted by Gasteiger charge is -2.07. The number of ether oxygens (including phenoxy) is 1. The number of aliphatic hydroxyl groups is 1. The van der Waals surface area contributed by atoms with Crippen LogP contribution in [-0.4, -0.2) is 112 Å². The van der Waals surface area contributed by atoms with E-state index in [9.17, 15) is 4.79 Å². The van der Waals surface area contributed by atoms with Gasteiger partial charge in [0, 0.05) is 56.4 Å². The number of aliphatic hydroxyl groups excluding tert-OH is 1. The van der Waals surface area contributed by atoms with Gasteiger partial charge in [-0.2, -0.15) is 9.78 Å². The molecule has 0 rings (SSSR count). The van der Waals surface area contributed by atoms with E-state index in [4.69, 9.17) is 29.4 Å². The number of thioether (sulfide) groups is 7. The summed E-state index contributed by atoms with van der Waals surface area (Å²) in [6.07, 6.45) is 3.27. The van der Waals surface area contributed by atoms with Crippen molar-refractivity contribution in [3.63, 3.8) is 0 Å². The lowest BCUT2D eigenvalue weighted by Crippen LogP contribution is -2.27. The van der Waals surface area contributed by atoms with E-state index in [1.165, 1.54) is 24.6 Å². The molecule has 0 aliphatic carbocycles. The topological polar surface area (TPSA) is 120 Å². The van der Waals surface area contributed by atoms with Crippen LogP contribution >= 0.6 is 82.3 Å². The minimum Gasteiger partial charge on any atom is -0.449 e. The van der Waals surface area contributed by atoms with Crippen LogP contribution in [0.2, 0.25) is 0 Å². The Kier molecular flexibility index (Phi) is 35.1. The van der Waals surface area contributed by atoms with Crippen molar-refractivity contribution < 1.29 is 34.2 Å². The first kappa shape index (κ1) is 37.5. The van der Waals surface area contributed by atoms with Crippen LogP contribution in [-0.2, 0) is 24.3 Å². The van der Waals surface area contributed by atoms with E-state index in [2.05, 4.69) is 22.2 Å². The zero-order valence-electron chi connectivity index (χ0n) is 21.1. The zero-order valence-corrected chi connectivity index (χ0v) is 26.8. The van der Waals surface area contributed by atoms with Crippen LogP contribution in [0.25, 0.3) is 0 Å². The van der Waals surface area contributed by atoms with E-state index in [-0.39, 0.29) is 18.0 Å². The number of nitrogens with zero attached hydrogens (tertiary/aromatic N) is 2. The molecular formula is C20H39N3O7S7. The van der Waals surface area contributed by atoms with E-state index in [0.29, 0.717) is 26.3 Å². The molecule has 0 aromatic carbocycles. The highest BCUT2D eigenvalue weighted by Crippen LogP contribution is 2.18. The van der Waals surface area contributed by atoms with Gasteiger partial charge in [-0.1, -0.05) is 6.92 Å². The Morgan fingerprint density at radius 2 is 1.41 bits per heavy atom. The summed E-state index contributed by atoms with van der Waals surface area (Å²) < 4.78 is 5.19. The summed E-state index contributed by atoms with van der Waals surface area (Å²) in [6.45, 7) is 5.03. The Morgan fingerprint density at radius 3 is 2.11 bits per heavy atom. The summed E-state index contributed by atoms with van der Waals surface area (Å²) in [4.78, 5) is 39.0. The standard InChI is InChI=1S/C20H39N3O7S7/c1-2-3-21-12-28-27-7-11-34-19-37-18-33-10-6-26-20(25)23-5-9-32-17-36-16-31-8-4-22-13-29-30-15-35-14-24/h12-13,24H,2-11,14-19H2,1H3,(H,23,25). The first-order valence-electron chi connectivity index (χ1n) is 11.4. The molecule has 218 valence electrons. The number of nitrogens with one attached hydrogen (secondary N) is 1. The van der Waals surface area contributed by atoms with Gasteiger partial charge in [0.05, 0.1) is 12.5 Å². The molecule has 0 saturated carbocycles. The third kappa shape index (κ3) is 34.5. The highest BCUT2D eigenvalue weighted by molar-refractivity contribution is 8.23. The molecule has 0 atom stereocenters. The molecule has 0 aliphatic rings. The van der Waals surface area contributed by atoms with E-state index in [1.54, 1.807) is 35.3 Å². The third-order valence-electron chi connectivity index (χ3n) is 3.27. The van der Waals surface area contributed by atoms with Gasteiger partial charge >= 0.3 is 6.09 Å². The van der Waals surface area contributed by atoms with Crippen LogP contribution in [0.3, 0.4) is 0 Å². The van der Waals surface area contributed by atoms with Gasteiger partial charge in [-0.25, -0.2) is 4.79 Å². The summed E-state index contributed by atoms with van der Waals surface area (Å²) in [5.41, 5.74) is 0. The summed E-state index contributed by atoms with van der Waals surface area (Å²) in [6, 6.07) is 0. The van der Waals surface area contributed by atoms with Crippen LogP contribution in [0.15, 0.2) is 9.98 Å². The number of rotatable bonds is 29. The van der Waals surface area contributed by atoms with Crippen molar-refractivity contribution >= 4 is 101 Å². The summed E-state index contributed by atoms with van der Waals surface area (Å²) in [7, 11) is 0. The SMILES string of the molecule is CCCN=COOCCSCSCSCCOC(=O)NCCSCSCSCCN=COOCSCO. The predicted molar refractivity (Wildman–Crippen MR) is 170 cm³/mol. The molecule has 2 N–H and O–H groups in total. The van der Waals surface area contributed by atoms with Crippen molar-refractivity contribution in [2.75, 3.05) is 88.1 Å². The van der Waals surface area contributed by atoms with Crippen LogP contribution in [0.5, 0.6) is 0 Å². The fraction of sp³-hybridized carbons (Fsp3) is 0.850. The first-order chi connectivity index (χ1) is 18.3. The van der Waals surface area contributed by atoms with Gasteiger partial charge < -0.3 is 24.9 Å². The fourth-order valence-electron chi connectivity index (χ4n) is 1.72. The number of carbonyl (C=O) groups excluding carboxylic acids is 1. The van der Waals surface area contributed by atoms with Crippen molar-refractivity contribution in [3.8, 4) is 0 Å². The molecule has 0 bridgehead atoms. The molecule has 0 unspecified atom stereocenters. The minimum absolute atomic E-state index is 0.00131. The van der Waals surface area contributed by atoms with Crippen LogP contribution in [0.4, 0.5) is 4.79 Å². The molecule has 1 amide bonds. The van der Waals surface area contributed by atoms with E-state index in [1.807, 2.05) is 35.3 Å². The molecule has 0 aliphatic heterocycles. The van der Waals surface area contributed by atoms with Gasteiger partial charge in [-0.3, -0.25) is 9.98 Å². The van der Waals surface area contributed by atoms with Gasteiger partial charge in [-0.05, 0) is 6.42 Å². The molecule has 0 aromatic rings. The number of hydrogen-bond donors (Lipinski definition) is 2. The van der Waals surface area contributed by atoms with Crippen LogP contribution in [0, 0.1) is 0 Å². The van der Waals surface area contributed by atoms with Gasteiger partial charge in [-0.15, -0.1) is 82.3 Å². The summed E-state index contributed by atoms with van der Waals surface area (Å²) >= 11 is 12.0. The smallest absolute Gasteiger partial charge is 0.407 e. The number of amides is 1. The highest BCUT2D eigenvalue weighted by Gasteiger charge is 2.01. The second-order valence-corrected chi connectivity index (χ2v) is 14.9. The van der Waals surface area contributed by atoms with Gasteiger partial charge in [0.1, 0.15) is 19.2 Å². The van der Waals surface area contributed by atoms with Crippen molar-refractivity contribution in [1.29, 1.82) is 0 Å². The Balaban J connectivity index is 3.20. The monoisotopic (exact) mass is 657 g/mol. The molecule has 0 saturated heterocycles. The molecular weight excluding hydrogens is 619 g/mol. The van der Waals surface area contributed by atoms with E-state index in [0.717, 1.165) is 56.3 Å². The van der Waals surface area contributed by atoms with Crippen molar-refractivity contribution in [3.05, 3.63) is 0 Å². The normalized spacial score (nSPS) is 11.4. The van der Waals surface area contributed by atoms with Crippen LogP contribution < -0.4 is 5.32 Å².